The van der Waals surface area contributed by atoms with E-state index in [2.05, 4.69) is 5.32 Å². The predicted molar refractivity (Wildman–Crippen MR) is 92.6 cm³/mol. The lowest BCUT2D eigenvalue weighted by Crippen LogP contribution is -2.31. The number of nitrogens with one attached hydrogen (secondary N) is 1. The maximum Gasteiger partial charge on any atom is 0.264 e. The van der Waals surface area contributed by atoms with Crippen molar-refractivity contribution >= 4 is 23.2 Å². The van der Waals surface area contributed by atoms with Crippen molar-refractivity contribution in [3.8, 4) is 0 Å². The van der Waals surface area contributed by atoms with Gasteiger partial charge in [0, 0.05) is 22.4 Å². The highest BCUT2D eigenvalue weighted by atomic mass is 35.5. The molecule has 5 heteroatoms. The molecule has 0 radical (unpaired) electrons. The van der Waals surface area contributed by atoms with Crippen LogP contribution >= 0.6 is 11.6 Å². The number of benzene rings is 1. The molecule has 1 amide bonds. The number of aromatic nitrogens is 1. The minimum Gasteiger partial charge on any atom is -0.322 e. The van der Waals surface area contributed by atoms with E-state index in [0.717, 1.165) is 24.1 Å². The van der Waals surface area contributed by atoms with Crippen LogP contribution in [0.1, 0.15) is 46.1 Å². The number of hydrogen-bond donors (Lipinski definition) is 1. The summed E-state index contributed by atoms with van der Waals surface area (Å²) in [5.41, 5.74) is 3.13. The minimum absolute atomic E-state index is 0.206. The molecule has 1 aromatic carbocycles. The highest BCUT2D eigenvalue weighted by Crippen LogP contribution is 2.34. The van der Waals surface area contributed by atoms with E-state index in [1.54, 1.807) is 23.6 Å². The van der Waals surface area contributed by atoms with E-state index < -0.39 is 0 Å². The Kier molecular flexibility index (Phi) is 4.02. The van der Waals surface area contributed by atoms with E-state index in [1.165, 1.54) is 0 Å². The van der Waals surface area contributed by atoms with Gasteiger partial charge in [0.15, 0.2) is 0 Å². The highest BCUT2D eigenvalue weighted by molar-refractivity contribution is 6.31. The summed E-state index contributed by atoms with van der Waals surface area (Å²) >= 11 is 5.99. The largest absolute Gasteiger partial charge is 0.322 e. The van der Waals surface area contributed by atoms with Crippen LogP contribution in [0.4, 0.5) is 5.69 Å². The van der Waals surface area contributed by atoms with Gasteiger partial charge in [0.05, 0.1) is 0 Å². The molecular weight excluding hydrogens is 312 g/mol. The standard InChI is InChI=1S/C18H19ClN2O2/c1-10-4-5-13(19)9-15(10)20-17(22)16-11(2)8-12(3)21(18(16)23)14-6-7-14/h4-5,8-9,14H,6-7H2,1-3H3,(H,20,22). The van der Waals surface area contributed by atoms with E-state index in [1.807, 2.05) is 26.0 Å². The first-order chi connectivity index (χ1) is 10.9. The summed E-state index contributed by atoms with van der Waals surface area (Å²) in [5.74, 6) is -0.382. The maximum atomic E-state index is 12.8. The lowest BCUT2D eigenvalue weighted by Gasteiger charge is -2.14. The van der Waals surface area contributed by atoms with Crippen molar-refractivity contribution in [1.29, 1.82) is 0 Å². The van der Waals surface area contributed by atoms with E-state index in [-0.39, 0.29) is 23.1 Å². The first kappa shape index (κ1) is 15.8. The molecular formula is C18H19ClN2O2. The SMILES string of the molecule is Cc1ccc(Cl)cc1NC(=O)c1c(C)cc(C)n(C2CC2)c1=O. The number of halogens is 1. The van der Waals surface area contributed by atoms with Gasteiger partial charge in [0.25, 0.3) is 11.5 Å². The lowest BCUT2D eigenvalue weighted by atomic mass is 10.1. The molecule has 1 aromatic heterocycles. The first-order valence-corrected chi connectivity index (χ1v) is 8.06. The summed E-state index contributed by atoms with van der Waals surface area (Å²) in [6.07, 6.45) is 2.00. The molecule has 0 atom stereocenters. The van der Waals surface area contributed by atoms with Crippen molar-refractivity contribution in [2.24, 2.45) is 0 Å². The van der Waals surface area contributed by atoms with Gasteiger partial charge in [-0.3, -0.25) is 9.59 Å². The van der Waals surface area contributed by atoms with Crippen LogP contribution in [0, 0.1) is 20.8 Å². The molecule has 1 N–H and O–H groups in total. The lowest BCUT2D eigenvalue weighted by molar-refractivity contribution is 0.102. The van der Waals surface area contributed by atoms with Crippen LogP contribution in [-0.4, -0.2) is 10.5 Å². The number of amides is 1. The van der Waals surface area contributed by atoms with Crippen molar-refractivity contribution in [1.82, 2.24) is 4.57 Å². The summed E-state index contributed by atoms with van der Waals surface area (Å²) < 4.78 is 1.74. The zero-order valence-corrected chi connectivity index (χ0v) is 14.2. The number of carbonyl (C=O) groups is 1. The second-order valence-electron chi connectivity index (χ2n) is 6.16. The molecule has 2 aromatic rings. The molecule has 0 aliphatic heterocycles. The molecule has 0 bridgehead atoms. The Hall–Kier alpha value is -2.07. The molecule has 0 spiro atoms. The fourth-order valence-electron chi connectivity index (χ4n) is 2.88. The highest BCUT2D eigenvalue weighted by Gasteiger charge is 2.28. The Labute approximate surface area is 140 Å². The van der Waals surface area contributed by atoms with Gasteiger partial charge in [0.2, 0.25) is 0 Å². The van der Waals surface area contributed by atoms with Crippen LogP contribution in [0.5, 0.6) is 0 Å². The van der Waals surface area contributed by atoms with E-state index in [0.29, 0.717) is 16.3 Å². The summed E-state index contributed by atoms with van der Waals surface area (Å²) in [6, 6.07) is 7.44. The van der Waals surface area contributed by atoms with Crippen LogP contribution in [0.2, 0.25) is 5.02 Å². The Morgan fingerprint density at radius 2 is 1.87 bits per heavy atom. The molecule has 120 valence electrons. The average Bonchev–Trinajstić information content (AvgIpc) is 3.27. The molecule has 1 heterocycles. The fourth-order valence-corrected chi connectivity index (χ4v) is 3.05. The second kappa shape index (κ2) is 5.85. The van der Waals surface area contributed by atoms with Crippen LogP contribution in [0.25, 0.3) is 0 Å². The quantitative estimate of drug-likeness (QED) is 0.924. The number of aryl methyl sites for hydroxylation is 3. The number of carbonyl (C=O) groups excluding carboxylic acids is 1. The van der Waals surface area contributed by atoms with Crippen molar-refractivity contribution in [3.05, 3.63) is 62.0 Å². The smallest absolute Gasteiger partial charge is 0.264 e. The number of nitrogens with zero attached hydrogens (tertiary/aromatic N) is 1. The zero-order chi connectivity index (χ0) is 16.7. The molecule has 3 rings (SSSR count). The maximum absolute atomic E-state index is 12.8. The fraction of sp³-hybridized carbons (Fsp3) is 0.333. The van der Waals surface area contributed by atoms with Crippen LogP contribution in [-0.2, 0) is 0 Å². The molecule has 4 nitrogen and oxygen atoms in total. The van der Waals surface area contributed by atoms with Crippen molar-refractivity contribution in [2.75, 3.05) is 5.32 Å². The number of pyridine rings is 1. The van der Waals surface area contributed by atoms with E-state index in [9.17, 15) is 9.59 Å². The van der Waals surface area contributed by atoms with Gasteiger partial charge in [-0.2, -0.15) is 0 Å². The van der Waals surface area contributed by atoms with Crippen LogP contribution in [0.3, 0.4) is 0 Å². The van der Waals surface area contributed by atoms with Crippen molar-refractivity contribution in [3.63, 3.8) is 0 Å². The molecule has 0 saturated heterocycles. The number of rotatable bonds is 3. The minimum atomic E-state index is -0.382. The zero-order valence-electron chi connectivity index (χ0n) is 13.4. The molecule has 1 saturated carbocycles. The molecule has 1 aliphatic rings. The van der Waals surface area contributed by atoms with E-state index >= 15 is 0 Å². The molecule has 0 unspecified atom stereocenters. The third-order valence-corrected chi connectivity index (χ3v) is 4.45. The van der Waals surface area contributed by atoms with Crippen LogP contribution < -0.4 is 10.9 Å². The van der Waals surface area contributed by atoms with Crippen LogP contribution in [0.15, 0.2) is 29.1 Å². The molecule has 1 fully saturated rings. The number of hydrogen-bond acceptors (Lipinski definition) is 2. The Morgan fingerprint density at radius 3 is 2.52 bits per heavy atom. The average molecular weight is 331 g/mol. The Bertz CT molecular complexity index is 851. The van der Waals surface area contributed by atoms with Gasteiger partial charge in [-0.05, 0) is 62.9 Å². The van der Waals surface area contributed by atoms with E-state index in [4.69, 9.17) is 11.6 Å². The molecule has 1 aliphatic carbocycles. The second-order valence-corrected chi connectivity index (χ2v) is 6.60. The summed E-state index contributed by atoms with van der Waals surface area (Å²) in [6.45, 7) is 5.59. The Morgan fingerprint density at radius 1 is 1.17 bits per heavy atom. The van der Waals surface area contributed by atoms with Gasteiger partial charge >= 0.3 is 0 Å². The summed E-state index contributed by atoms with van der Waals surface area (Å²) in [7, 11) is 0. The third kappa shape index (κ3) is 3.04. The predicted octanol–water partition coefficient (Wildman–Crippen LogP) is 4.01. The third-order valence-electron chi connectivity index (χ3n) is 4.22. The van der Waals surface area contributed by atoms with Crippen molar-refractivity contribution in [2.45, 2.75) is 39.7 Å². The summed E-state index contributed by atoms with van der Waals surface area (Å²) in [4.78, 5) is 25.4. The Balaban J connectivity index is 2.01. The topological polar surface area (TPSA) is 51.1 Å². The monoisotopic (exact) mass is 330 g/mol. The number of anilines is 1. The van der Waals surface area contributed by atoms with Gasteiger partial charge in [-0.1, -0.05) is 17.7 Å². The molecule has 23 heavy (non-hydrogen) atoms. The van der Waals surface area contributed by atoms with Crippen molar-refractivity contribution < 1.29 is 4.79 Å². The normalized spacial score (nSPS) is 13.9. The first-order valence-electron chi connectivity index (χ1n) is 7.68. The van der Waals surface area contributed by atoms with Gasteiger partial charge in [-0.15, -0.1) is 0 Å². The van der Waals surface area contributed by atoms with Gasteiger partial charge < -0.3 is 9.88 Å². The van der Waals surface area contributed by atoms with Gasteiger partial charge in [-0.25, -0.2) is 0 Å². The summed E-state index contributed by atoms with van der Waals surface area (Å²) in [5, 5.41) is 3.36. The van der Waals surface area contributed by atoms with Gasteiger partial charge in [0.1, 0.15) is 5.56 Å².